The average Bonchev–Trinajstić information content (AvgIpc) is 3.43. The van der Waals surface area contributed by atoms with Crippen LogP contribution < -0.4 is 5.56 Å². The molecule has 7 nitrogen and oxygen atoms in total. The minimum atomic E-state index is -0.0398. The maximum Gasteiger partial charge on any atom is 0.262 e. The summed E-state index contributed by atoms with van der Waals surface area (Å²) >= 11 is 3.12. The summed E-state index contributed by atoms with van der Waals surface area (Å²) in [6, 6.07) is 9.52. The van der Waals surface area contributed by atoms with Gasteiger partial charge in [0.1, 0.15) is 0 Å². The first-order chi connectivity index (χ1) is 15.6. The van der Waals surface area contributed by atoms with Crippen LogP contribution in [-0.2, 0) is 23.5 Å². The number of thiophene rings is 1. The van der Waals surface area contributed by atoms with Crippen LogP contribution in [0.3, 0.4) is 0 Å². The number of ether oxygens (including phenoxy) is 1. The van der Waals surface area contributed by atoms with Crippen molar-refractivity contribution in [1.82, 2.24) is 19.7 Å². The Morgan fingerprint density at radius 3 is 2.84 bits per heavy atom. The third-order valence-corrected chi connectivity index (χ3v) is 7.38. The number of benzene rings is 1. The summed E-state index contributed by atoms with van der Waals surface area (Å²) in [5.74, 6) is 1.49. The van der Waals surface area contributed by atoms with Crippen molar-refractivity contribution in [3.8, 4) is 10.8 Å². The highest BCUT2D eigenvalue weighted by Crippen LogP contribution is 2.31. The van der Waals surface area contributed by atoms with Crippen molar-refractivity contribution in [3.05, 3.63) is 57.0 Å². The van der Waals surface area contributed by atoms with E-state index < -0.39 is 0 Å². The van der Waals surface area contributed by atoms with Gasteiger partial charge in [0.25, 0.3) is 11.4 Å². The number of fused-ring (bicyclic) bond motifs is 1. The van der Waals surface area contributed by atoms with Crippen molar-refractivity contribution >= 4 is 34.0 Å². The highest BCUT2D eigenvalue weighted by atomic mass is 32.2. The number of thioether (sulfide) groups is 1. The standard InChI is InChI=1S/C23H26N4O3S2/c1-4-18-15(3)13-19(32-18)21-26-25-20(30-21)14-31-23-24-17-10-7-6-9-16(17)22(28)27(23)11-8-12-29-5-2/h6-7,9-10,13H,4-5,8,11-12,14H2,1-3H3. The zero-order valence-corrected chi connectivity index (χ0v) is 20.1. The molecular weight excluding hydrogens is 444 g/mol. The molecule has 9 heteroatoms. The molecule has 0 bridgehead atoms. The molecule has 0 radical (unpaired) electrons. The number of para-hydroxylation sites is 1. The molecule has 0 aliphatic heterocycles. The van der Waals surface area contributed by atoms with Gasteiger partial charge in [-0.2, -0.15) is 0 Å². The highest BCUT2D eigenvalue weighted by molar-refractivity contribution is 7.98. The van der Waals surface area contributed by atoms with Gasteiger partial charge >= 0.3 is 0 Å². The smallest absolute Gasteiger partial charge is 0.262 e. The van der Waals surface area contributed by atoms with Gasteiger partial charge in [-0.15, -0.1) is 21.5 Å². The summed E-state index contributed by atoms with van der Waals surface area (Å²) in [5, 5.41) is 9.69. The Bertz CT molecular complexity index is 1260. The molecule has 0 spiro atoms. The van der Waals surface area contributed by atoms with Crippen LogP contribution in [0.15, 0.2) is 44.7 Å². The minimum Gasteiger partial charge on any atom is -0.419 e. The Morgan fingerprint density at radius 1 is 1.22 bits per heavy atom. The molecule has 0 amide bonds. The van der Waals surface area contributed by atoms with Crippen LogP contribution in [0.2, 0.25) is 0 Å². The predicted octanol–water partition coefficient (Wildman–Crippen LogP) is 5.10. The monoisotopic (exact) mass is 470 g/mol. The first-order valence-corrected chi connectivity index (χ1v) is 12.5. The van der Waals surface area contributed by atoms with E-state index in [-0.39, 0.29) is 5.56 Å². The number of rotatable bonds is 10. The van der Waals surface area contributed by atoms with Crippen LogP contribution in [0.25, 0.3) is 21.7 Å². The molecule has 0 aliphatic rings. The van der Waals surface area contributed by atoms with Gasteiger partial charge in [0.15, 0.2) is 5.16 Å². The average molecular weight is 471 g/mol. The molecule has 0 fully saturated rings. The maximum absolute atomic E-state index is 13.1. The molecule has 168 valence electrons. The molecule has 4 rings (SSSR count). The van der Waals surface area contributed by atoms with Gasteiger partial charge < -0.3 is 9.15 Å². The molecule has 0 N–H and O–H groups in total. The molecule has 32 heavy (non-hydrogen) atoms. The van der Waals surface area contributed by atoms with E-state index in [0.717, 1.165) is 17.7 Å². The lowest BCUT2D eigenvalue weighted by Crippen LogP contribution is -2.24. The normalized spacial score (nSPS) is 11.5. The summed E-state index contributed by atoms with van der Waals surface area (Å²) in [6.45, 7) is 8.01. The van der Waals surface area contributed by atoms with Gasteiger partial charge in [0.2, 0.25) is 5.89 Å². The number of hydrogen-bond donors (Lipinski definition) is 0. The summed E-state index contributed by atoms with van der Waals surface area (Å²) < 4.78 is 13.1. The molecule has 4 aromatic rings. The SMILES string of the molecule is CCOCCCn1c(SCc2nnc(-c3cc(C)c(CC)s3)o2)nc2ccccc2c1=O. The van der Waals surface area contributed by atoms with Crippen LogP contribution in [0.1, 0.15) is 36.6 Å². The summed E-state index contributed by atoms with van der Waals surface area (Å²) in [4.78, 5) is 20.1. The number of hydrogen-bond acceptors (Lipinski definition) is 8. The maximum atomic E-state index is 13.1. The Kier molecular flexibility index (Phi) is 7.39. The van der Waals surface area contributed by atoms with Gasteiger partial charge in [0.05, 0.1) is 21.5 Å². The summed E-state index contributed by atoms with van der Waals surface area (Å²) in [6.07, 6.45) is 1.73. The van der Waals surface area contributed by atoms with Crippen molar-refractivity contribution in [2.75, 3.05) is 13.2 Å². The van der Waals surface area contributed by atoms with Crippen molar-refractivity contribution in [3.63, 3.8) is 0 Å². The Morgan fingerprint density at radius 2 is 2.06 bits per heavy atom. The second-order valence-electron chi connectivity index (χ2n) is 7.28. The first-order valence-electron chi connectivity index (χ1n) is 10.7. The van der Waals surface area contributed by atoms with E-state index in [9.17, 15) is 4.79 Å². The van der Waals surface area contributed by atoms with E-state index >= 15 is 0 Å². The number of aromatic nitrogens is 4. The van der Waals surface area contributed by atoms with Gasteiger partial charge in [-0.3, -0.25) is 9.36 Å². The van der Waals surface area contributed by atoms with Crippen LogP contribution in [-0.4, -0.2) is 33.0 Å². The lowest BCUT2D eigenvalue weighted by Gasteiger charge is -2.12. The van der Waals surface area contributed by atoms with E-state index in [1.165, 1.54) is 22.2 Å². The van der Waals surface area contributed by atoms with Crippen LogP contribution in [0, 0.1) is 6.92 Å². The van der Waals surface area contributed by atoms with Gasteiger partial charge in [-0.25, -0.2) is 4.98 Å². The molecule has 3 aromatic heterocycles. The fourth-order valence-corrected chi connectivity index (χ4v) is 5.34. The first kappa shape index (κ1) is 22.7. The Hall–Kier alpha value is -2.49. The molecule has 0 unspecified atom stereocenters. The molecular formula is C23H26N4O3S2. The minimum absolute atomic E-state index is 0.0398. The zero-order chi connectivity index (χ0) is 22.5. The van der Waals surface area contributed by atoms with Gasteiger partial charge in [-0.1, -0.05) is 30.8 Å². The largest absolute Gasteiger partial charge is 0.419 e. The van der Waals surface area contributed by atoms with Gasteiger partial charge in [-0.05, 0) is 50.5 Å². The molecule has 0 aliphatic carbocycles. The zero-order valence-electron chi connectivity index (χ0n) is 18.5. The third-order valence-electron chi connectivity index (χ3n) is 5.05. The Balaban J connectivity index is 1.55. The summed E-state index contributed by atoms with van der Waals surface area (Å²) in [5.41, 5.74) is 1.90. The second-order valence-corrected chi connectivity index (χ2v) is 9.36. The highest BCUT2D eigenvalue weighted by Gasteiger charge is 2.16. The molecule has 0 saturated heterocycles. The van der Waals surface area contributed by atoms with Crippen LogP contribution in [0.4, 0.5) is 0 Å². The quantitative estimate of drug-likeness (QED) is 0.181. The van der Waals surface area contributed by atoms with E-state index in [2.05, 4.69) is 30.1 Å². The van der Waals surface area contributed by atoms with Crippen molar-refractivity contribution in [2.45, 2.75) is 51.1 Å². The lowest BCUT2D eigenvalue weighted by atomic mass is 10.2. The van der Waals surface area contributed by atoms with E-state index in [4.69, 9.17) is 14.1 Å². The number of nitrogens with zero attached hydrogens (tertiary/aromatic N) is 4. The third kappa shape index (κ3) is 4.95. The molecule has 1 aromatic carbocycles. The van der Waals surface area contributed by atoms with Crippen molar-refractivity contribution in [1.29, 1.82) is 0 Å². The van der Waals surface area contributed by atoms with Crippen LogP contribution in [0.5, 0.6) is 0 Å². The van der Waals surface area contributed by atoms with E-state index in [1.807, 2.05) is 31.2 Å². The topological polar surface area (TPSA) is 83.0 Å². The van der Waals surface area contributed by atoms with Gasteiger partial charge in [0, 0.05) is 24.6 Å². The predicted molar refractivity (Wildman–Crippen MR) is 128 cm³/mol. The molecule has 0 saturated carbocycles. The number of aryl methyl sites for hydroxylation is 2. The summed E-state index contributed by atoms with van der Waals surface area (Å²) in [7, 11) is 0. The van der Waals surface area contributed by atoms with E-state index in [0.29, 0.717) is 53.4 Å². The van der Waals surface area contributed by atoms with Crippen molar-refractivity contribution in [2.24, 2.45) is 0 Å². The Labute approximate surface area is 194 Å². The molecule has 0 atom stereocenters. The second kappa shape index (κ2) is 10.4. The lowest BCUT2D eigenvalue weighted by molar-refractivity contribution is 0.140. The fraction of sp³-hybridized carbons (Fsp3) is 0.391. The van der Waals surface area contributed by atoms with Crippen molar-refractivity contribution < 1.29 is 9.15 Å². The van der Waals surface area contributed by atoms with Crippen LogP contribution >= 0.6 is 23.1 Å². The van der Waals surface area contributed by atoms with E-state index in [1.54, 1.807) is 15.9 Å². The fourth-order valence-electron chi connectivity index (χ4n) is 3.44. The molecule has 3 heterocycles.